The lowest BCUT2D eigenvalue weighted by Crippen LogP contribution is -2.35. The van der Waals surface area contributed by atoms with Crippen molar-refractivity contribution >= 4 is 17.5 Å². The maximum atomic E-state index is 11.8. The number of carbonyl (C=O) groups is 1. The van der Waals surface area contributed by atoms with Gasteiger partial charge in [-0.1, -0.05) is 12.8 Å². The van der Waals surface area contributed by atoms with E-state index in [1.54, 1.807) is 0 Å². The number of nitrogens with one attached hydrogen (secondary N) is 1. The fourth-order valence-corrected chi connectivity index (χ4v) is 2.85. The van der Waals surface area contributed by atoms with Crippen molar-refractivity contribution in [3.63, 3.8) is 0 Å². The standard InChI is InChI=1S/C13H21ClF3NO2/c14-7-10-3-1-2-4-11(10)8-18-12(19)5-6-20-9-13(15,16)17/h10-11H,1-9H2,(H,18,19). The van der Waals surface area contributed by atoms with E-state index in [1.165, 1.54) is 6.42 Å². The van der Waals surface area contributed by atoms with E-state index in [1.807, 2.05) is 0 Å². The molecule has 2 atom stereocenters. The molecule has 0 saturated heterocycles. The second-order valence-electron chi connectivity index (χ2n) is 5.18. The Labute approximate surface area is 122 Å². The van der Waals surface area contributed by atoms with Gasteiger partial charge in [0.2, 0.25) is 5.91 Å². The second kappa shape index (κ2) is 8.72. The van der Waals surface area contributed by atoms with E-state index in [4.69, 9.17) is 11.6 Å². The summed E-state index contributed by atoms with van der Waals surface area (Å²) in [4.78, 5) is 11.5. The molecule has 2 unspecified atom stereocenters. The number of hydrogen-bond donors (Lipinski definition) is 1. The molecule has 1 aliphatic rings. The van der Waals surface area contributed by atoms with Crippen molar-refractivity contribution in [1.29, 1.82) is 0 Å². The Morgan fingerprint density at radius 1 is 1.25 bits per heavy atom. The molecule has 0 radical (unpaired) electrons. The first-order valence-electron chi connectivity index (χ1n) is 6.89. The molecule has 0 aromatic heterocycles. The summed E-state index contributed by atoms with van der Waals surface area (Å²) in [6.45, 7) is -0.971. The van der Waals surface area contributed by atoms with Crippen LogP contribution in [0.5, 0.6) is 0 Å². The Hall–Kier alpha value is -0.490. The van der Waals surface area contributed by atoms with Crippen LogP contribution in [0.25, 0.3) is 0 Å². The molecule has 1 amide bonds. The third-order valence-electron chi connectivity index (χ3n) is 3.57. The van der Waals surface area contributed by atoms with Gasteiger partial charge in [-0.05, 0) is 24.7 Å². The van der Waals surface area contributed by atoms with Crippen LogP contribution >= 0.6 is 11.6 Å². The molecule has 0 heterocycles. The molecular formula is C13H21ClF3NO2. The Bertz CT molecular complexity index is 300. The van der Waals surface area contributed by atoms with Gasteiger partial charge in [0.1, 0.15) is 6.61 Å². The molecule has 20 heavy (non-hydrogen) atoms. The van der Waals surface area contributed by atoms with E-state index in [2.05, 4.69) is 10.1 Å². The van der Waals surface area contributed by atoms with E-state index in [9.17, 15) is 18.0 Å². The van der Waals surface area contributed by atoms with Crippen LogP contribution in [0.2, 0.25) is 0 Å². The van der Waals surface area contributed by atoms with Gasteiger partial charge in [0.25, 0.3) is 0 Å². The Morgan fingerprint density at radius 2 is 1.90 bits per heavy atom. The first-order chi connectivity index (χ1) is 9.42. The fraction of sp³-hybridized carbons (Fsp3) is 0.923. The summed E-state index contributed by atoms with van der Waals surface area (Å²) < 4.78 is 39.8. The lowest BCUT2D eigenvalue weighted by Gasteiger charge is -2.30. The largest absolute Gasteiger partial charge is 0.411 e. The molecule has 0 aliphatic heterocycles. The van der Waals surface area contributed by atoms with Crippen LogP contribution in [0.4, 0.5) is 13.2 Å². The molecular weight excluding hydrogens is 295 g/mol. The second-order valence-corrected chi connectivity index (χ2v) is 5.49. The normalized spacial score (nSPS) is 23.6. The van der Waals surface area contributed by atoms with Gasteiger partial charge in [-0.3, -0.25) is 4.79 Å². The minimum atomic E-state index is -4.34. The summed E-state index contributed by atoms with van der Waals surface area (Å²) in [6, 6.07) is 0. The van der Waals surface area contributed by atoms with Crippen molar-refractivity contribution in [2.75, 3.05) is 25.6 Å². The number of amides is 1. The van der Waals surface area contributed by atoms with Crippen molar-refractivity contribution < 1.29 is 22.7 Å². The van der Waals surface area contributed by atoms with Crippen LogP contribution in [0.1, 0.15) is 32.1 Å². The van der Waals surface area contributed by atoms with Crippen molar-refractivity contribution in [2.24, 2.45) is 11.8 Å². The molecule has 0 spiro atoms. The fourth-order valence-electron chi connectivity index (χ4n) is 2.44. The van der Waals surface area contributed by atoms with E-state index < -0.39 is 12.8 Å². The topological polar surface area (TPSA) is 38.3 Å². The monoisotopic (exact) mass is 315 g/mol. The Morgan fingerprint density at radius 3 is 2.50 bits per heavy atom. The average molecular weight is 316 g/mol. The van der Waals surface area contributed by atoms with Crippen molar-refractivity contribution in [3.05, 3.63) is 0 Å². The maximum absolute atomic E-state index is 11.8. The number of rotatable bonds is 7. The maximum Gasteiger partial charge on any atom is 0.411 e. The zero-order chi connectivity index (χ0) is 15.0. The Balaban J connectivity index is 2.13. The molecule has 1 aliphatic carbocycles. The summed E-state index contributed by atoms with van der Waals surface area (Å²) in [5.41, 5.74) is 0. The van der Waals surface area contributed by atoms with Gasteiger partial charge >= 0.3 is 6.18 Å². The zero-order valence-corrected chi connectivity index (χ0v) is 12.1. The lowest BCUT2D eigenvalue weighted by molar-refractivity contribution is -0.174. The minimum absolute atomic E-state index is 0.0473. The number of alkyl halides is 4. The van der Waals surface area contributed by atoms with E-state index in [0.29, 0.717) is 24.3 Å². The highest BCUT2D eigenvalue weighted by Gasteiger charge is 2.27. The third kappa shape index (κ3) is 7.33. The van der Waals surface area contributed by atoms with Crippen LogP contribution in [0.15, 0.2) is 0 Å². The molecule has 1 saturated carbocycles. The van der Waals surface area contributed by atoms with E-state index in [0.717, 1.165) is 19.3 Å². The number of hydrogen-bond acceptors (Lipinski definition) is 2. The molecule has 1 N–H and O–H groups in total. The summed E-state index contributed by atoms with van der Waals surface area (Å²) in [7, 11) is 0. The van der Waals surface area contributed by atoms with Crippen LogP contribution in [0.3, 0.4) is 0 Å². The lowest BCUT2D eigenvalue weighted by atomic mass is 9.80. The molecule has 7 heteroatoms. The van der Waals surface area contributed by atoms with Gasteiger partial charge in [-0.25, -0.2) is 0 Å². The highest BCUT2D eigenvalue weighted by atomic mass is 35.5. The highest BCUT2D eigenvalue weighted by Crippen LogP contribution is 2.30. The quantitative estimate of drug-likeness (QED) is 0.579. The van der Waals surface area contributed by atoms with Gasteiger partial charge in [0.15, 0.2) is 0 Å². The summed E-state index contributed by atoms with van der Waals surface area (Å²) >= 11 is 5.90. The van der Waals surface area contributed by atoms with Gasteiger partial charge < -0.3 is 10.1 Å². The van der Waals surface area contributed by atoms with Crippen LogP contribution in [0, 0.1) is 11.8 Å². The summed E-state index contributed by atoms with van der Waals surface area (Å²) in [6.07, 6.45) is 0.0528. The molecule has 1 fully saturated rings. The number of halogens is 4. The predicted octanol–water partition coefficient (Wildman–Crippen LogP) is 3.12. The van der Waals surface area contributed by atoms with E-state index >= 15 is 0 Å². The number of ether oxygens (including phenoxy) is 1. The SMILES string of the molecule is O=C(CCOCC(F)(F)F)NCC1CCCCC1CCl. The molecule has 0 bridgehead atoms. The van der Waals surface area contributed by atoms with Crippen molar-refractivity contribution in [3.8, 4) is 0 Å². The third-order valence-corrected chi connectivity index (χ3v) is 3.96. The van der Waals surface area contributed by atoms with Gasteiger partial charge in [-0.2, -0.15) is 13.2 Å². The first kappa shape index (κ1) is 17.6. The summed E-state index contributed by atoms with van der Waals surface area (Å²) in [5.74, 6) is 1.12. The van der Waals surface area contributed by atoms with Crippen LogP contribution in [-0.2, 0) is 9.53 Å². The molecule has 0 aromatic carbocycles. The predicted molar refractivity (Wildman–Crippen MR) is 70.7 cm³/mol. The molecule has 1 rings (SSSR count). The Kier molecular flexibility index (Phi) is 7.66. The first-order valence-corrected chi connectivity index (χ1v) is 7.43. The van der Waals surface area contributed by atoms with Gasteiger partial charge in [0, 0.05) is 18.8 Å². The van der Waals surface area contributed by atoms with Crippen molar-refractivity contribution in [1.82, 2.24) is 5.32 Å². The molecule has 0 aromatic rings. The molecule has 3 nitrogen and oxygen atoms in total. The summed E-state index contributed by atoms with van der Waals surface area (Å²) in [5, 5.41) is 2.76. The van der Waals surface area contributed by atoms with Gasteiger partial charge in [0.05, 0.1) is 6.61 Å². The van der Waals surface area contributed by atoms with Crippen LogP contribution in [-0.4, -0.2) is 37.7 Å². The van der Waals surface area contributed by atoms with Gasteiger partial charge in [-0.15, -0.1) is 11.6 Å². The van der Waals surface area contributed by atoms with E-state index in [-0.39, 0.29) is 18.9 Å². The minimum Gasteiger partial charge on any atom is -0.372 e. The number of carbonyl (C=O) groups excluding carboxylic acids is 1. The molecule has 118 valence electrons. The highest BCUT2D eigenvalue weighted by molar-refractivity contribution is 6.18. The van der Waals surface area contributed by atoms with Crippen molar-refractivity contribution in [2.45, 2.75) is 38.3 Å². The average Bonchev–Trinajstić information content (AvgIpc) is 2.40. The zero-order valence-electron chi connectivity index (χ0n) is 11.3. The smallest absolute Gasteiger partial charge is 0.372 e. The van der Waals surface area contributed by atoms with Crippen LogP contribution < -0.4 is 5.32 Å².